The number of hydrogen-bond donors (Lipinski definition) is 0. The number of benzene rings is 2. The van der Waals surface area contributed by atoms with Gasteiger partial charge in [-0.2, -0.15) is 13.1 Å². The van der Waals surface area contributed by atoms with E-state index in [0.29, 0.717) is 22.2 Å². The van der Waals surface area contributed by atoms with Crippen molar-refractivity contribution in [1.29, 1.82) is 0 Å². The fourth-order valence-corrected chi connectivity index (χ4v) is 5.07. The molecule has 1 aliphatic heterocycles. The summed E-state index contributed by atoms with van der Waals surface area (Å²) in [6, 6.07) is 9.03. The Kier molecular flexibility index (Phi) is 6.77. The first-order valence-corrected chi connectivity index (χ1v) is 11.2. The molecule has 0 saturated carbocycles. The number of amides is 1. The molecule has 0 aromatic heterocycles. The van der Waals surface area contributed by atoms with Crippen molar-refractivity contribution in [3.63, 3.8) is 0 Å². The van der Waals surface area contributed by atoms with Crippen molar-refractivity contribution in [3.05, 3.63) is 58.9 Å². The molecule has 156 valence electrons. The second-order valence-corrected chi connectivity index (χ2v) is 9.58. The van der Waals surface area contributed by atoms with Gasteiger partial charge in [-0.05, 0) is 42.5 Å². The zero-order chi connectivity index (χ0) is 21.2. The van der Waals surface area contributed by atoms with Gasteiger partial charge in [-0.15, -0.1) is 0 Å². The molecule has 11 heteroatoms. The largest absolute Gasteiger partial charge is 0.336 e. The maximum atomic E-state index is 13.3. The molecule has 0 atom stereocenters. The van der Waals surface area contributed by atoms with Crippen LogP contribution in [0.4, 0.5) is 13.2 Å². The lowest BCUT2D eigenvalue weighted by molar-refractivity contribution is 0.0698. The highest BCUT2D eigenvalue weighted by Gasteiger charge is 2.30. The Morgan fingerprint density at radius 2 is 1.66 bits per heavy atom. The number of halogens is 4. The van der Waals surface area contributed by atoms with Gasteiger partial charge in [0.2, 0.25) is 10.0 Å². The van der Waals surface area contributed by atoms with Crippen LogP contribution in [-0.2, 0) is 10.0 Å². The molecule has 1 amide bonds. The lowest BCUT2D eigenvalue weighted by Gasteiger charge is -2.34. The summed E-state index contributed by atoms with van der Waals surface area (Å²) in [7, 11) is -3.86. The average Bonchev–Trinajstić information content (AvgIpc) is 2.69. The van der Waals surface area contributed by atoms with E-state index in [2.05, 4.69) is 0 Å². The molecule has 0 unspecified atom stereocenters. The van der Waals surface area contributed by atoms with E-state index in [4.69, 9.17) is 11.6 Å². The first-order chi connectivity index (χ1) is 13.7. The van der Waals surface area contributed by atoms with Crippen LogP contribution in [0.15, 0.2) is 52.3 Å². The molecule has 1 aliphatic rings. The van der Waals surface area contributed by atoms with Gasteiger partial charge in [0.1, 0.15) is 5.82 Å². The van der Waals surface area contributed by atoms with Crippen LogP contribution in [0.25, 0.3) is 0 Å². The Balaban J connectivity index is 1.65. The second kappa shape index (κ2) is 8.95. The first-order valence-electron chi connectivity index (χ1n) is 8.48. The molecule has 2 aromatic carbocycles. The Morgan fingerprint density at radius 1 is 1.03 bits per heavy atom. The predicted octanol–water partition coefficient (Wildman–Crippen LogP) is 3.94. The minimum absolute atomic E-state index is 0.0718. The van der Waals surface area contributed by atoms with Gasteiger partial charge in [-0.25, -0.2) is 12.8 Å². The van der Waals surface area contributed by atoms with Crippen LogP contribution in [0.3, 0.4) is 0 Å². The number of carbonyl (C=O) groups is 1. The summed E-state index contributed by atoms with van der Waals surface area (Å²) < 4.78 is 64.7. The molecular formula is C18H16ClF3N2O3S2. The SMILES string of the molecule is O=C(c1ccc(SC(F)F)cc1)N1CCN(S(=O)(=O)c2ccc(F)c(Cl)c2)CC1. The lowest BCUT2D eigenvalue weighted by Crippen LogP contribution is -2.50. The number of piperazine rings is 1. The van der Waals surface area contributed by atoms with Crippen LogP contribution in [-0.4, -0.2) is 55.5 Å². The van der Waals surface area contributed by atoms with E-state index in [1.54, 1.807) is 0 Å². The number of hydrogen-bond acceptors (Lipinski definition) is 4. The molecule has 0 radical (unpaired) electrons. The number of thioether (sulfide) groups is 1. The molecule has 1 heterocycles. The lowest BCUT2D eigenvalue weighted by atomic mass is 10.2. The molecule has 0 aliphatic carbocycles. The standard InChI is InChI=1S/C18H16ClF3N2O3S2/c19-15-11-14(5-6-16(15)20)29(26,27)24-9-7-23(8-10-24)17(25)12-1-3-13(4-2-12)28-18(21)22/h1-6,11,18H,7-10H2. The molecule has 0 bridgehead atoms. The van der Waals surface area contributed by atoms with E-state index in [9.17, 15) is 26.4 Å². The summed E-state index contributed by atoms with van der Waals surface area (Å²) in [6.07, 6.45) is 0. The number of rotatable bonds is 5. The number of carbonyl (C=O) groups excluding carboxylic acids is 1. The van der Waals surface area contributed by atoms with Crippen molar-refractivity contribution >= 4 is 39.3 Å². The molecule has 1 saturated heterocycles. The molecular weight excluding hydrogens is 449 g/mol. The maximum absolute atomic E-state index is 13.3. The van der Waals surface area contributed by atoms with E-state index >= 15 is 0 Å². The van der Waals surface area contributed by atoms with Crippen molar-refractivity contribution in [1.82, 2.24) is 9.21 Å². The average molecular weight is 465 g/mol. The van der Waals surface area contributed by atoms with Gasteiger partial charge >= 0.3 is 0 Å². The smallest absolute Gasteiger partial charge is 0.288 e. The van der Waals surface area contributed by atoms with Gasteiger partial charge in [0.05, 0.1) is 9.92 Å². The summed E-state index contributed by atoms with van der Waals surface area (Å²) in [5, 5.41) is -0.284. The highest BCUT2D eigenvalue weighted by Crippen LogP contribution is 2.26. The summed E-state index contributed by atoms with van der Waals surface area (Å²) in [4.78, 5) is 14.3. The first kappa shape index (κ1) is 21.9. The Morgan fingerprint density at radius 3 is 2.21 bits per heavy atom. The fraction of sp³-hybridized carbons (Fsp3) is 0.278. The van der Waals surface area contributed by atoms with E-state index in [1.165, 1.54) is 33.5 Å². The van der Waals surface area contributed by atoms with E-state index in [0.717, 1.165) is 18.2 Å². The maximum Gasteiger partial charge on any atom is 0.288 e. The molecule has 29 heavy (non-hydrogen) atoms. The highest BCUT2D eigenvalue weighted by molar-refractivity contribution is 7.99. The van der Waals surface area contributed by atoms with Gasteiger partial charge in [-0.1, -0.05) is 23.4 Å². The van der Waals surface area contributed by atoms with Crippen molar-refractivity contribution in [2.75, 3.05) is 26.2 Å². The number of sulfonamides is 1. The molecule has 0 N–H and O–H groups in total. The quantitative estimate of drug-likeness (QED) is 0.629. The van der Waals surface area contributed by atoms with Crippen LogP contribution < -0.4 is 0 Å². The van der Waals surface area contributed by atoms with Gasteiger partial charge < -0.3 is 4.90 Å². The Labute approximate surface area is 175 Å². The third kappa shape index (κ3) is 5.06. The van der Waals surface area contributed by atoms with Gasteiger partial charge in [-0.3, -0.25) is 4.79 Å². The number of alkyl halides is 2. The van der Waals surface area contributed by atoms with Crippen molar-refractivity contribution in [2.45, 2.75) is 15.5 Å². The molecule has 3 rings (SSSR count). The minimum atomic E-state index is -3.86. The van der Waals surface area contributed by atoms with Gasteiger partial charge in [0.15, 0.2) is 0 Å². The summed E-state index contributed by atoms with van der Waals surface area (Å²) >= 11 is 6.07. The fourth-order valence-electron chi connectivity index (χ4n) is 2.88. The summed E-state index contributed by atoms with van der Waals surface area (Å²) in [5.74, 6) is -3.55. The third-order valence-electron chi connectivity index (χ3n) is 4.38. The van der Waals surface area contributed by atoms with Crippen LogP contribution in [0.5, 0.6) is 0 Å². The molecule has 0 spiro atoms. The summed E-state index contributed by atoms with van der Waals surface area (Å²) in [6.45, 7) is 0.478. The minimum Gasteiger partial charge on any atom is -0.336 e. The highest BCUT2D eigenvalue weighted by atomic mass is 35.5. The predicted molar refractivity (Wildman–Crippen MR) is 104 cm³/mol. The van der Waals surface area contributed by atoms with E-state index < -0.39 is 21.6 Å². The second-order valence-electron chi connectivity index (χ2n) is 6.18. The van der Waals surface area contributed by atoms with Crippen molar-refractivity contribution < 1.29 is 26.4 Å². The van der Waals surface area contributed by atoms with Crippen molar-refractivity contribution in [3.8, 4) is 0 Å². The van der Waals surface area contributed by atoms with Gasteiger partial charge in [0.25, 0.3) is 11.7 Å². The van der Waals surface area contributed by atoms with Crippen LogP contribution in [0, 0.1) is 5.82 Å². The Bertz CT molecular complexity index is 996. The van der Waals surface area contributed by atoms with Crippen molar-refractivity contribution in [2.24, 2.45) is 0 Å². The summed E-state index contributed by atoms with van der Waals surface area (Å²) in [5.41, 5.74) is 0.338. The number of nitrogens with zero attached hydrogens (tertiary/aromatic N) is 2. The van der Waals surface area contributed by atoms with Crippen LogP contribution in [0.1, 0.15) is 10.4 Å². The van der Waals surface area contributed by atoms with Crippen LogP contribution >= 0.6 is 23.4 Å². The van der Waals surface area contributed by atoms with E-state index in [-0.39, 0.29) is 42.0 Å². The molecule has 1 fully saturated rings. The van der Waals surface area contributed by atoms with Crippen LogP contribution in [0.2, 0.25) is 5.02 Å². The zero-order valence-corrected chi connectivity index (χ0v) is 17.3. The van der Waals surface area contributed by atoms with Gasteiger partial charge in [0, 0.05) is 36.6 Å². The Hall–Kier alpha value is -1.75. The monoisotopic (exact) mass is 464 g/mol. The topological polar surface area (TPSA) is 57.7 Å². The molecule has 5 nitrogen and oxygen atoms in total. The zero-order valence-electron chi connectivity index (χ0n) is 14.9. The third-order valence-corrected chi connectivity index (χ3v) is 7.29. The normalized spacial score (nSPS) is 15.7. The molecule has 2 aromatic rings. The van der Waals surface area contributed by atoms with E-state index in [1.807, 2.05) is 0 Å².